The molecule has 1 atom stereocenters. The summed E-state index contributed by atoms with van der Waals surface area (Å²) < 4.78 is 22.9. The van der Waals surface area contributed by atoms with Gasteiger partial charge >= 0.3 is 0 Å². The second kappa shape index (κ2) is 4.90. The Kier molecular flexibility index (Phi) is 3.64. The molecule has 1 aliphatic heterocycles. The first kappa shape index (κ1) is 13.4. The Hall–Kier alpha value is -1.07. The van der Waals surface area contributed by atoms with Crippen LogP contribution in [0.25, 0.3) is 0 Å². The van der Waals surface area contributed by atoms with Gasteiger partial charge in [0.05, 0.1) is 5.25 Å². The van der Waals surface area contributed by atoms with Gasteiger partial charge in [-0.1, -0.05) is 0 Å². The van der Waals surface area contributed by atoms with Crippen molar-refractivity contribution < 1.29 is 13.2 Å². The van der Waals surface area contributed by atoms with Crippen molar-refractivity contribution in [3.63, 3.8) is 0 Å². The average Bonchev–Trinajstić information content (AvgIpc) is 2.78. The van der Waals surface area contributed by atoms with Crippen LogP contribution in [0.4, 0.5) is 5.69 Å². The molecule has 0 aromatic heterocycles. The number of hydrogen-bond acceptors (Lipinski definition) is 4. The Balaban J connectivity index is 2.12. The summed E-state index contributed by atoms with van der Waals surface area (Å²) in [6, 6.07) is 6.89. The van der Waals surface area contributed by atoms with Crippen molar-refractivity contribution in [2.24, 2.45) is 0 Å². The number of rotatable bonds is 3. The topological polar surface area (TPSA) is 54.5 Å². The van der Waals surface area contributed by atoms with Gasteiger partial charge in [0.25, 0.3) is 5.24 Å². The first-order valence-electron chi connectivity index (χ1n) is 5.61. The molecule has 0 radical (unpaired) electrons. The predicted octanol–water partition coefficient (Wildman–Crippen LogP) is 1.69. The van der Waals surface area contributed by atoms with Crippen LogP contribution < -0.4 is 4.90 Å². The summed E-state index contributed by atoms with van der Waals surface area (Å²) in [6.07, 6.45) is 1.92. The largest absolute Gasteiger partial charge is 0.370 e. The Morgan fingerprint density at radius 2 is 1.94 bits per heavy atom. The van der Waals surface area contributed by atoms with Gasteiger partial charge in [-0.15, -0.1) is 0 Å². The summed E-state index contributed by atoms with van der Waals surface area (Å²) in [7, 11) is -2.98. The van der Waals surface area contributed by atoms with Gasteiger partial charge in [0, 0.05) is 30.6 Å². The van der Waals surface area contributed by atoms with Crippen LogP contribution in [0.3, 0.4) is 0 Å². The summed E-state index contributed by atoms with van der Waals surface area (Å²) in [5.74, 6) is 0. The van der Waals surface area contributed by atoms with E-state index in [1.54, 1.807) is 24.3 Å². The van der Waals surface area contributed by atoms with E-state index in [1.807, 2.05) is 4.90 Å². The molecular weight excluding hydrogens is 274 g/mol. The number of carbonyl (C=O) groups excluding carboxylic acids is 1. The Bertz CT molecular complexity index is 553. The maximum Gasteiger partial charge on any atom is 0.252 e. The van der Waals surface area contributed by atoms with Crippen LogP contribution in [-0.4, -0.2) is 38.3 Å². The normalized spacial score (nSPS) is 20.1. The molecule has 1 aromatic rings. The van der Waals surface area contributed by atoms with Crippen LogP contribution >= 0.6 is 11.6 Å². The number of anilines is 1. The zero-order valence-corrected chi connectivity index (χ0v) is 11.5. The number of nitrogens with zero attached hydrogens (tertiary/aromatic N) is 1. The number of sulfone groups is 1. The third-order valence-corrected chi connectivity index (χ3v) is 5.02. The molecule has 1 fully saturated rings. The average molecular weight is 288 g/mol. The van der Waals surface area contributed by atoms with Crippen LogP contribution in [0.2, 0.25) is 0 Å². The van der Waals surface area contributed by atoms with Gasteiger partial charge < -0.3 is 4.90 Å². The van der Waals surface area contributed by atoms with Crippen LogP contribution in [0.5, 0.6) is 0 Å². The van der Waals surface area contributed by atoms with Crippen molar-refractivity contribution in [2.45, 2.75) is 11.7 Å². The highest BCUT2D eigenvalue weighted by Gasteiger charge is 2.30. The first-order chi connectivity index (χ1) is 8.38. The van der Waals surface area contributed by atoms with E-state index in [4.69, 9.17) is 11.6 Å². The summed E-state index contributed by atoms with van der Waals surface area (Å²) in [4.78, 5) is 12.9. The van der Waals surface area contributed by atoms with Crippen molar-refractivity contribution in [3.8, 4) is 0 Å². The highest BCUT2D eigenvalue weighted by molar-refractivity contribution is 7.91. The number of carbonyl (C=O) groups is 1. The molecule has 1 unspecified atom stereocenters. The zero-order chi connectivity index (χ0) is 13.3. The first-order valence-corrected chi connectivity index (χ1v) is 7.95. The third-order valence-electron chi connectivity index (χ3n) is 3.21. The predicted molar refractivity (Wildman–Crippen MR) is 72.1 cm³/mol. The SMILES string of the molecule is CS(=O)(=O)C1CCN(c2ccc(C(=O)Cl)cc2)C1. The van der Waals surface area contributed by atoms with E-state index in [2.05, 4.69) is 0 Å². The van der Waals surface area contributed by atoms with Gasteiger partial charge in [0.15, 0.2) is 9.84 Å². The van der Waals surface area contributed by atoms with Crippen LogP contribution in [0.1, 0.15) is 16.8 Å². The molecule has 0 amide bonds. The molecule has 0 aliphatic carbocycles. The Morgan fingerprint density at radius 3 is 2.39 bits per heavy atom. The number of hydrogen-bond donors (Lipinski definition) is 0. The molecule has 1 aliphatic rings. The molecule has 0 saturated carbocycles. The maximum atomic E-state index is 11.5. The lowest BCUT2D eigenvalue weighted by Crippen LogP contribution is -2.26. The molecule has 1 aromatic carbocycles. The van der Waals surface area contributed by atoms with E-state index in [0.717, 1.165) is 5.69 Å². The lowest BCUT2D eigenvalue weighted by atomic mass is 10.2. The fourth-order valence-electron chi connectivity index (χ4n) is 2.12. The Morgan fingerprint density at radius 1 is 1.33 bits per heavy atom. The zero-order valence-electron chi connectivity index (χ0n) is 9.97. The van der Waals surface area contributed by atoms with Gasteiger partial charge in [-0.3, -0.25) is 4.79 Å². The molecule has 4 nitrogen and oxygen atoms in total. The highest BCUT2D eigenvalue weighted by atomic mass is 35.5. The van der Waals surface area contributed by atoms with Gasteiger partial charge in [-0.05, 0) is 42.3 Å². The van der Waals surface area contributed by atoms with Crippen LogP contribution in [0.15, 0.2) is 24.3 Å². The van der Waals surface area contributed by atoms with Crippen LogP contribution in [0, 0.1) is 0 Å². The lowest BCUT2D eigenvalue weighted by molar-refractivity contribution is 0.108. The van der Waals surface area contributed by atoms with Gasteiger partial charge in [-0.2, -0.15) is 0 Å². The molecule has 18 heavy (non-hydrogen) atoms. The minimum atomic E-state index is -2.98. The van der Waals surface area contributed by atoms with E-state index >= 15 is 0 Å². The number of halogens is 1. The summed E-state index contributed by atoms with van der Waals surface area (Å²) >= 11 is 5.37. The van der Waals surface area contributed by atoms with Crippen molar-refractivity contribution >= 4 is 32.4 Å². The van der Waals surface area contributed by atoms with E-state index in [1.165, 1.54) is 6.26 Å². The van der Waals surface area contributed by atoms with E-state index in [9.17, 15) is 13.2 Å². The lowest BCUT2D eigenvalue weighted by Gasteiger charge is -2.18. The van der Waals surface area contributed by atoms with Gasteiger partial charge in [-0.25, -0.2) is 8.42 Å². The van der Waals surface area contributed by atoms with Crippen molar-refractivity contribution in [2.75, 3.05) is 24.2 Å². The van der Waals surface area contributed by atoms with Gasteiger partial charge in [0.2, 0.25) is 0 Å². The second-order valence-electron chi connectivity index (χ2n) is 4.51. The summed E-state index contributed by atoms with van der Waals surface area (Å²) in [5, 5.41) is -0.788. The monoisotopic (exact) mass is 287 g/mol. The second-order valence-corrected chi connectivity index (χ2v) is 7.18. The smallest absolute Gasteiger partial charge is 0.252 e. The number of benzene rings is 1. The fraction of sp³-hybridized carbons (Fsp3) is 0.417. The molecule has 2 rings (SSSR count). The highest BCUT2D eigenvalue weighted by Crippen LogP contribution is 2.24. The molecule has 0 spiro atoms. The molecule has 6 heteroatoms. The standard InChI is InChI=1S/C12H14ClNO3S/c1-18(16,17)11-6-7-14(8-11)10-4-2-9(3-5-10)12(13)15/h2-5,11H,6-8H2,1H3. The summed E-state index contributed by atoms with van der Waals surface area (Å²) in [6.45, 7) is 1.22. The third kappa shape index (κ3) is 2.84. The molecule has 0 bridgehead atoms. The molecule has 0 N–H and O–H groups in total. The van der Waals surface area contributed by atoms with Crippen molar-refractivity contribution in [3.05, 3.63) is 29.8 Å². The minimum absolute atomic E-state index is 0.299. The van der Waals surface area contributed by atoms with Gasteiger partial charge in [0.1, 0.15) is 0 Å². The van der Waals surface area contributed by atoms with Crippen LogP contribution in [-0.2, 0) is 9.84 Å². The molecule has 98 valence electrons. The molecule has 1 heterocycles. The van der Waals surface area contributed by atoms with E-state index in [-0.39, 0.29) is 5.25 Å². The van der Waals surface area contributed by atoms with Crippen molar-refractivity contribution in [1.29, 1.82) is 0 Å². The fourth-order valence-corrected chi connectivity index (χ4v) is 3.23. The summed E-state index contributed by atoms with van der Waals surface area (Å²) in [5.41, 5.74) is 1.36. The molecular formula is C12H14ClNO3S. The van der Waals surface area contributed by atoms with Crippen molar-refractivity contribution in [1.82, 2.24) is 0 Å². The van der Waals surface area contributed by atoms with E-state index in [0.29, 0.717) is 25.1 Å². The quantitative estimate of drug-likeness (QED) is 0.794. The Labute approximate surface area is 111 Å². The van der Waals surface area contributed by atoms with E-state index < -0.39 is 15.1 Å². The minimum Gasteiger partial charge on any atom is -0.370 e. The molecule has 1 saturated heterocycles. The maximum absolute atomic E-state index is 11.5.